The number of nitrogens with one attached hydrogen (secondary N) is 1. The minimum atomic E-state index is -0.846. The molecule has 1 aromatic rings. The smallest absolute Gasteiger partial charge is 0.320 e. The van der Waals surface area contributed by atoms with Crippen molar-refractivity contribution in [1.82, 2.24) is 10.2 Å². The Hall–Kier alpha value is -1.40. The van der Waals surface area contributed by atoms with Crippen LogP contribution >= 0.6 is 15.9 Å². The summed E-state index contributed by atoms with van der Waals surface area (Å²) >= 11 is 3.37. The zero-order valence-corrected chi connectivity index (χ0v) is 13.5. The van der Waals surface area contributed by atoms with Crippen LogP contribution in [-0.2, 0) is 9.59 Å². The molecule has 2 N–H and O–H groups in total. The SMILES string of the molecule is CC(NC(=O)CN1CCC[C@H]1C(=O)O)c1ccc(Br)cc1. The molecule has 0 aliphatic carbocycles. The van der Waals surface area contributed by atoms with E-state index in [2.05, 4.69) is 21.2 Å². The number of benzene rings is 1. The molecule has 1 fully saturated rings. The number of carbonyl (C=O) groups excluding carboxylic acids is 1. The minimum Gasteiger partial charge on any atom is -0.480 e. The largest absolute Gasteiger partial charge is 0.480 e. The van der Waals surface area contributed by atoms with Gasteiger partial charge in [-0.2, -0.15) is 0 Å². The fraction of sp³-hybridized carbons (Fsp3) is 0.467. The van der Waals surface area contributed by atoms with Crippen LogP contribution in [0.4, 0.5) is 0 Å². The van der Waals surface area contributed by atoms with Gasteiger partial charge in [0, 0.05) is 4.47 Å². The molecule has 6 heteroatoms. The molecular weight excluding hydrogens is 336 g/mol. The molecule has 0 aromatic heterocycles. The maximum absolute atomic E-state index is 12.1. The average Bonchev–Trinajstić information content (AvgIpc) is 2.87. The highest BCUT2D eigenvalue weighted by Crippen LogP contribution is 2.18. The second kappa shape index (κ2) is 7.04. The molecular formula is C15H19BrN2O3. The van der Waals surface area contributed by atoms with Gasteiger partial charge in [-0.3, -0.25) is 14.5 Å². The highest BCUT2D eigenvalue weighted by Gasteiger charge is 2.31. The Kier molecular flexibility index (Phi) is 5.36. The van der Waals surface area contributed by atoms with E-state index in [1.807, 2.05) is 31.2 Å². The highest BCUT2D eigenvalue weighted by atomic mass is 79.9. The summed E-state index contributed by atoms with van der Waals surface area (Å²) in [7, 11) is 0. The number of likely N-dealkylation sites (tertiary alicyclic amines) is 1. The fourth-order valence-corrected chi connectivity index (χ4v) is 2.87. The van der Waals surface area contributed by atoms with Gasteiger partial charge in [0.15, 0.2) is 0 Å². The molecule has 1 amide bonds. The summed E-state index contributed by atoms with van der Waals surface area (Å²) in [5, 5.41) is 12.0. The molecule has 1 unspecified atom stereocenters. The van der Waals surface area contributed by atoms with Crippen molar-refractivity contribution < 1.29 is 14.7 Å². The molecule has 114 valence electrons. The topological polar surface area (TPSA) is 69.6 Å². The van der Waals surface area contributed by atoms with E-state index >= 15 is 0 Å². The third kappa shape index (κ3) is 4.28. The molecule has 1 heterocycles. The van der Waals surface area contributed by atoms with Gasteiger partial charge in [0.25, 0.3) is 0 Å². The first kappa shape index (κ1) is 16.0. The first-order valence-corrected chi connectivity index (χ1v) is 7.78. The predicted molar refractivity (Wildman–Crippen MR) is 82.9 cm³/mol. The monoisotopic (exact) mass is 354 g/mol. The van der Waals surface area contributed by atoms with Crippen LogP contribution in [0.25, 0.3) is 0 Å². The third-order valence-corrected chi connectivity index (χ3v) is 4.27. The first-order valence-electron chi connectivity index (χ1n) is 6.99. The number of rotatable bonds is 5. The second-order valence-electron chi connectivity index (χ2n) is 5.31. The van der Waals surface area contributed by atoms with Crippen LogP contribution in [-0.4, -0.2) is 41.0 Å². The third-order valence-electron chi connectivity index (χ3n) is 3.74. The Labute approximate surface area is 132 Å². The van der Waals surface area contributed by atoms with Gasteiger partial charge >= 0.3 is 5.97 Å². The number of carbonyl (C=O) groups is 2. The Bertz CT molecular complexity index is 518. The van der Waals surface area contributed by atoms with Gasteiger partial charge < -0.3 is 10.4 Å². The van der Waals surface area contributed by atoms with E-state index in [4.69, 9.17) is 5.11 Å². The molecule has 1 saturated heterocycles. The van der Waals surface area contributed by atoms with Crippen LogP contribution in [0.2, 0.25) is 0 Å². The van der Waals surface area contributed by atoms with E-state index in [-0.39, 0.29) is 18.5 Å². The lowest BCUT2D eigenvalue weighted by molar-refractivity contribution is -0.142. The van der Waals surface area contributed by atoms with Gasteiger partial charge in [-0.15, -0.1) is 0 Å². The van der Waals surface area contributed by atoms with E-state index in [9.17, 15) is 9.59 Å². The van der Waals surface area contributed by atoms with Crippen molar-refractivity contribution in [2.24, 2.45) is 0 Å². The number of aliphatic carboxylic acids is 1. The predicted octanol–water partition coefficient (Wildman–Crippen LogP) is 2.18. The lowest BCUT2D eigenvalue weighted by Crippen LogP contribution is -2.43. The van der Waals surface area contributed by atoms with E-state index in [1.165, 1.54) is 0 Å². The highest BCUT2D eigenvalue weighted by molar-refractivity contribution is 9.10. The summed E-state index contributed by atoms with van der Waals surface area (Å²) in [6, 6.07) is 7.13. The Morgan fingerprint density at radius 1 is 1.43 bits per heavy atom. The van der Waals surface area contributed by atoms with E-state index < -0.39 is 12.0 Å². The molecule has 0 bridgehead atoms. The van der Waals surface area contributed by atoms with Crippen molar-refractivity contribution >= 4 is 27.8 Å². The summed E-state index contributed by atoms with van der Waals surface area (Å²) in [5.74, 6) is -0.986. The number of carboxylic acid groups (broad SMARTS) is 1. The Morgan fingerprint density at radius 2 is 2.10 bits per heavy atom. The minimum absolute atomic E-state index is 0.100. The number of hydrogen-bond acceptors (Lipinski definition) is 3. The Morgan fingerprint density at radius 3 is 2.71 bits per heavy atom. The maximum atomic E-state index is 12.1. The molecule has 0 radical (unpaired) electrons. The standard InChI is InChI=1S/C15H19BrN2O3/c1-10(11-4-6-12(16)7-5-11)17-14(19)9-18-8-2-3-13(18)15(20)21/h4-7,10,13H,2-3,8-9H2,1H3,(H,17,19)(H,20,21)/t10?,13-/m0/s1. The molecule has 1 aliphatic rings. The van der Waals surface area contributed by atoms with Crippen LogP contribution in [0.1, 0.15) is 31.4 Å². The normalized spacial score (nSPS) is 20.2. The van der Waals surface area contributed by atoms with E-state index in [0.29, 0.717) is 13.0 Å². The van der Waals surface area contributed by atoms with Gasteiger partial charge in [0.1, 0.15) is 6.04 Å². The molecule has 2 rings (SSSR count). The number of halogens is 1. The number of nitrogens with zero attached hydrogens (tertiary/aromatic N) is 1. The molecule has 5 nitrogen and oxygen atoms in total. The molecule has 21 heavy (non-hydrogen) atoms. The molecule has 2 atom stereocenters. The van der Waals surface area contributed by atoms with Crippen molar-refractivity contribution in [3.8, 4) is 0 Å². The lowest BCUT2D eigenvalue weighted by atomic mass is 10.1. The molecule has 0 saturated carbocycles. The van der Waals surface area contributed by atoms with Crippen molar-refractivity contribution in [3.05, 3.63) is 34.3 Å². The van der Waals surface area contributed by atoms with E-state index in [0.717, 1.165) is 16.5 Å². The second-order valence-corrected chi connectivity index (χ2v) is 6.22. The van der Waals surface area contributed by atoms with Crippen molar-refractivity contribution in [2.75, 3.05) is 13.1 Å². The fourth-order valence-electron chi connectivity index (χ4n) is 2.60. The van der Waals surface area contributed by atoms with Crippen molar-refractivity contribution in [3.63, 3.8) is 0 Å². The Balaban J connectivity index is 1.89. The lowest BCUT2D eigenvalue weighted by Gasteiger charge is -2.22. The zero-order valence-electron chi connectivity index (χ0n) is 11.9. The van der Waals surface area contributed by atoms with Crippen LogP contribution in [0.3, 0.4) is 0 Å². The maximum Gasteiger partial charge on any atom is 0.320 e. The van der Waals surface area contributed by atoms with Crippen LogP contribution in [0.5, 0.6) is 0 Å². The van der Waals surface area contributed by atoms with Gasteiger partial charge in [0.2, 0.25) is 5.91 Å². The first-order chi connectivity index (χ1) is 9.97. The van der Waals surface area contributed by atoms with Gasteiger partial charge in [-0.25, -0.2) is 0 Å². The van der Waals surface area contributed by atoms with Crippen molar-refractivity contribution in [2.45, 2.75) is 31.8 Å². The van der Waals surface area contributed by atoms with Crippen LogP contribution < -0.4 is 5.32 Å². The van der Waals surface area contributed by atoms with Gasteiger partial charge in [0.05, 0.1) is 12.6 Å². The summed E-state index contributed by atoms with van der Waals surface area (Å²) < 4.78 is 0.992. The zero-order chi connectivity index (χ0) is 15.4. The van der Waals surface area contributed by atoms with Gasteiger partial charge in [-0.1, -0.05) is 28.1 Å². The van der Waals surface area contributed by atoms with Crippen LogP contribution in [0.15, 0.2) is 28.7 Å². The number of carboxylic acids is 1. The molecule has 1 aliphatic heterocycles. The summed E-state index contributed by atoms with van der Waals surface area (Å²) in [4.78, 5) is 24.9. The number of amides is 1. The molecule has 1 aromatic carbocycles. The number of hydrogen-bond donors (Lipinski definition) is 2. The van der Waals surface area contributed by atoms with E-state index in [1.54, 1.807) is 4.90 Å². The van der Waals surface area contributed by atoms with Crippen molar-refractivity contribution in [1.29, 1.82) is 0 Å². The summed E-state index contributed by atoms with van der Waals surface area (Å²) in [5.41, 5.74) is 1.02. The average molecular weight is 355 g/mol. The van der Waals surface area contributed by atoms with Gasteiger partial charge in [-0.05, 0) is 44.0 Å². The van der Waals surface area contributed by atoms with Crippen LogP contribution in [0, 0.1) is 0 Å². The summed E-state index contributed by atoms with van der Waals surface area (Å²) in [6.45, 7) is 2.72. The molecule has 0 spiro atoms. The quantitative estimate of drug-likeness (QED) is 0.850. The summed E-state index contributed by atoms with van der Waals surface area (Å²) in [6.07, 6.45) is 1.44.